The summed E-state index contributed by atoms with van der Waals surface area (Å²) < 4.78 is 0. The van der Waals surface area contributed by atoms with Crippen LogP contribution in [0.25, 0.3) is 11.1 Å². The molecule has 1 fully saturated rings. The van der Waals surface area contributed by atoms with Crippen molar-refractivity contribution in [3.8, 4) is 0 Å². The smallest absolute Gasteiger partial charge is 0.263 e. The van der Waals surface area contributed by atoms with Crippen LogP contribution >= 0.6 is 12.2 Å². The highest BCUT2D eigenvalue weighted by Crippen LogP contribution is 2.49. The van der Waals surface area contributed by atoms with Crippen molar-refractivity contribution in [2.45, 2.75) is 26.3 Å². The second kappa shape index (κ2) is 4.86. The van der Waals surface area contributed by atoms with Crippen LogP contribution in [-0.2, 0) is 14.4 Å². The van der Waals surface area contributed by atoms with Crippen molar-refractivity contribution < 1.29 is 14.4 Å². The number of carbonyl (C=O) groups is 3. The molecule has 0 saturated carbocycles. The number of benzene rings is 1. The van der Waals surface area contributed by atoms with Crippen LogP contribution in [-0.4, -0.2) is 28.4 Å². The van der Waals surface area contributed by atoms with Gasteiger partial charge < -0.3 is 0 Å². The van der Waals surface area contributed by atoms with E-state index in [0.29, 0.717) is 5.56 Å². The molecule has 3 aliphatic heterocycles. The van der Waals surface area contributed by atoms with Gasteiger partial charge in [0.15, 0.2) is 5.11 Å². The molecule has 25 heavy (non-hydrogen) atoms. The summed E-state index contributed by atoms with van der Waals surface area (Å²) in [6.45, 7) is 5.85. The topological polar surface area (TPSA) is 78.5 Å². The van der Waals surface area contributed by atoms with Gasteiger partial charge in [-0.1, -0.05) is 24.3 Å². The van der Waals surface area contributed by atoms with E-state index in [1.165, 1.54) is 0 Å². The first-order valence-corrected chi connectivity index (χ1v) is 8.22. The molecule has 0 bridgehead atoms. The Balaban J connectivity index is 2.04. The van der Waals surface area contributed by atoms with E-state index >= 15 is 0 Å². The summed E-state index contributed by atoms with van der Waals surface area (Å²) >= 11 is 4.83. The summed E-state index contributed by atoms with van der Waals surface area (Å²) in [7, 11) is 0. The quantitative estimate of drug-likeness (QED) is 0.421. The summed E-state index contributed by atoms with van der Waals surface area (Å²) in [5, 5.41) is 4.74. The van der Waals surface area contributed by atoms with Gasteiger partial charge in [-0.25, -0.2) is 0 Å². The monoisotopic (exact) mass is 353 g/mol. The molecule has 6 nitrogen and oxygen atoms in total. The molecular weight excluding hydrogens is 338 g/mol. The molecule has 0 aliphatic carbocycles. The van der Waals surface area contributed by atoms with Crippen molar-refractivity contribution in [1.29, 1.82) is 0 Å². The highest BCUT2D eigenvalue weighted by Gasteiger charge is 2.47. The number of allylic oxidation sites excluding steroid dienone is 1. The maximum Gasteiger partial charge on any atom is 0.263 e. The van der Waals surface area contributed by atoms with Gasteiger partial charge in [0.25, 0.3) is 17.7 Å². The summed E-state index contributed by atoms with van der Waals surface area (Å²) in [5.41, 5.74) is 2.66. The van der Waals surface area contributed by atoms with Crippen LogP contribution in [0.2, 0.25) is 0 Å². The Bertz CT molecular complexity index is 950. The fraction of sp³-hybridized carbons (Fsp3) is 0.222. The third-order valence-electron chi connectivity index (χ3n) is 4.68. The highest BCUT2D eigenvalue weighted by atomic mass is 32.1. The van der Waals surface area contributed by atoms with Crippen LogP contribution in [0.5, 0.6) is 0 Å². The SMILES string of the molecule is CC1=CC(C)(C)N2C(=O)C(=C3C(=O)NC(=S)NC3=O)c3cccc1c32. The Morgan fingerprint density at radius 2 is 1.60 bits per heavy atom. The van der Waals surface area contributed by atoms with E-state index in [4.69, 9.17) is 12.2 Å². The first-order chi connectivity index (χ1) is 11.7. The molecule has 1 saturated heterocycles. The van der Waals surface area contributed by atoms with Gasteiger partial charge in [-0.3, -0.25) is 29.9 Å². The molecule has 126 valence electrons. The Labute approximate surface area is 149 Å². The molecule has 7 heteroatoms. The lowest BCUT2D eigenvalue weighted by Gasteiger charge is -2.38. The number of carbonyl (C=O) groups excluding carboxylic acids is 3. The first kappa shape index (κ1) is 15.7. The predicted octanol–water partition coefficient (Wildman–Crippen LogP) is 1.51. The van der Waals surface area contributed by atoms with Crippen LogP contribution < -0.4 is 15.5 Å². The molecule has 0 unspecified atom stereocenters. The summed E-state index contributed by atoms with van der Waals surface area (Å²) in [5.74, 6) is -1.67. The lowest BCUT2D eigenvalue weighted by Crippen LogP contribution is -2.52. The Kier molecular flexibility index (Phi) is 3.05. The number of thiocarbonyl (C=S) groups is 1. The second-order valence-electron chi connectivity index (χ2n) is 6.81. The summed E-state index contributed by atoms with van der Waals surface area (Å²) in [6, 6.07) is 5.52. The number of amides is 3. The van der Waals surface area contributed by atoms with Gasteiger partial charge in [-0.2, -0.15) is 0 Å². The zero-order valence-corrected chi connectivity index (χ0v) is 14.7. The maximum atomic E-state index is 13.2. The van der Waals surface area contributed by atoms with E-state index in [9.17, 15) is 14.4 Å². The van der Waals surface area contributed by atoms with Crippen molar-refractivity contribution in [3.05, 3.63) is 41.0 Å². The van der Waals surface area contributed by atoms with Gasteiger partial charge in [-0.15, -0.1) is 0 Å². The number of hydrogen-bond donors (Lipinski definition) is 2. The van der Waals surface area contributed by atoms with E-state index in [1.54, 1.807) is 11.0 Å². The van der Waals surface area contributed by atoms with Crippen molar-refractivity contribution in [2.24, 2.45) is 0 Å². The zero-order chi connectivity index (χ0) is 18.1. The third-order valence-corrected chi connectivity index (χ3v) is 4.88. The minimum Gasteiger partial charge on any atom is -0.299 e. The average molecular weight is 353 g/mol. The van der Waals surface area contributed by atoms with E-state index < -0.39 is 17.4 Å². The van der Waals surface area contributed by atoms with Crippen LogP contribution in [0.15, 0.2) is 29.8 Å². The molecule has 4 rings (SSSR count). The molecular formula is C18H15N3O3S. The molecule has 2 N–H and O–H groups in total. The number of hydrogen-bond acceptors (Lipinski definition) is 4. The predicted molar refractivity (Wildman–Crippen MR) is 97.5 cm³/mol. The van der Waals surface area contributed by atoms with Crippen LogP contribution in [0.3, 0.4) is 0 Å². The summed E-state index contributed by atoms with van der Waals surface area (Å²) in [6.07, 6.45) is 2.01. The molecule has 3 amide bonds. The minimum atomic E-state index is -0.656. The van der Waals surface area contributed by atoms with Crippen LogP contribution in [0.1, 0.15) is 31.9 Å². The normalized spacial score (nSPS) is 21.1. The Hall–Kier alpha value is -2.80. The lowest BCUT2D eigenvalue weighted by molar-refractivity contribution is -0.124. The van der Waals surface area contributed by atoms with Gasteiger partial charge >= 0.3 is 0 Å². The van der Waals surface area contributed by atoms with Crippen molar-refractivity contribution in [3.63, 3.8) is 0 Å². The number of anilines is 1. The zero-order valence-electron chi connectivity index (χ0n) is 13.9. The Morgan fingerprint density at radius 1 is 1.00 bits per heavy atom. The maximum absolute atomic E-state index is 13.2. The van der Waals surface area contributed by atoms with E-state index in [2.05, 4.69) is 10.6 Å². The van der Waals surface area contributed by atoms with Crippen LogP contribution in [0.4, 0.5) is 5.69 Å². The minimum absolute atomic E-state index is 0.0576. The number of para-hydroxylation sites is 1. The standard InChI is InChI=1S/C18H15N3O3S/c1-8-7-18(2,3)21-13-9(8)5-4-6-10(13)11(16(21)24)12-14(22)19-17(25)20-15(12)23/h4-7H,1-3H3,(H2,19,20,22,23,25). The second-order valence-corrected chi connectivity index (χ2v) is 7.22. The van der Waals surface area contributed by atoms with E-state index in [-0.39, 0.29) is 22.2 Å². The summed E-state index contributed by atoms with van der Waals surface area (Å²) in [4.78, 5) is 39.6. The van der Waals surface area contributed by atoms with Gasteiger partial charge in [0.1, 0.15) is 5.57 Å². The molecule has 0 aromatic heterocycles. The lowest BCUT2D eigenvalue weighted by atomic mass is 9.89. The van der Waals surface area contributed by atoms with Gasteiger partial charge in [-0.05, 0) is 38.6 Å². The molecule has 1 aromatic rings. The van der Waals surface area contributed by atoms with Crippen molar-refractivity contribution >= 4 is 51.9 Å². The van der Waals surface area contributed by atoms with Gasteiger partial charge in [0, 0.05) is 11.1 Å². The van der Waals surface area contributed by atoms with E-state index in [1.807, 2.05) is 39.0 Å². The van der Waals surface area contributed by atoms with Crippen molar-refractivity contribution in [1.82, 2.24) is 10.6 Å². The number of nitrogens with one attached hydrogen (secondary N) is 2. The number of nitrogens with zero attached hydrogens (tertiary/aromatic N) is 1. The van der Waals surface area contributed by atoms with Crippen molar-refractivity contribution in [2.75, 3.05) is 4.90 Å². The molecule has 0 spiro atoms. The molecule has 1 aromatic carbocycles. The fourth-order valence-corrected chi connectivity index (χ4v) is 3.97. The molecule has 0 radical (unpaired) electrons. The fourth-order valence-electron chi connectivity index (χ4n) is 3.79. The largest absolute Gasteiger partial charge is 0.299 e. The first-order valence-electron chi connectivity index (χ1n) is 7.81. The van der Waals surface area contributed by atoms with Gasteiger partial charge in [0.05, 0.1) is 16.8 Å². The average Bonchev–Trinajstić information content (AvgIpc) is 2.78. The van der Waals surface area contributed by atoms with Crippen LogP contribution in [0, 0.1) is 0 Å². The number of rotatable bonds is 0. The molecule has 3 heterocycles. The molecule has 0 atom stereocenters. The third kappa shape index (κ3) is 2.02. The molecule has 3 aliphatic rings. The Morgan fingerprint density at radius 3 is 2.24 bits per heavy atom. The van der Waals surface area contributed by atoms with Gasteiger partial charge in [0.2, 0.25) is 0 Å². The highest BCUT2D eigenvalue weighted by molar-refractivity contribution is 7.80. The van der Waals surface area contributed by atoms with E-state index in [0.717, 1.165) is 16.8 Å².